The van der Waals surface area contributed by atoms with Crippen molar-refractivity contribution in [1.29, 1.82) is 0 Å². The van der Waals surface area contributed by atoms with Crippen molar-refractivity contribution < 1.29 is 14.6 Å². The van der Waals surface area contributed by atoms with Gasteiger partial charge in [0.25, 0.3) is 0 Å². The van der Waals surface area contributed by atoms with Crippen molar-refractivity contribution in [3.63, 3.8) is 0 Å². The van der Waals surface area contributed by atoms with Crippen LogP contribution in [-0.2, 0) is 6.42 Å². The summed E-state index contributed by atoms with van der Waals surface area (Å²) in [4.78, 5) is 9.51. The Hall–Kier alpha value is -1.66. The van der Waals surface area contributed by atoms with Crippen LogP contribution in [0, 0.1) is 17.3 Å². The van der Waals surface area contributed by atoms with E-state index in [-0.39, 0.29) is 16.5 Å². The van der Waals surface area contributed by atoms with Gasteiger partial charge >= 0.3 is 4.94 Å². The molecule has 0 radical (unpaired) electrons. The highest BCUT2D eigenvalue weighted by Gasteiger charge is 2.54. The molecule has 2 fully saturated rings. The van der Waals surface area contributed by atoms with Crippen molar-refractivity contribution in [3.05, 3.63) is 45.5 Å². The maximum Gasteiger partial charge on any atom is 0.414 e. The molecule has 6 heteroatoms. The standard InChI is InChI=1S/C18H24O2.C2HNO2S/c1-18-9-8-14-13-5-3-12(19)10-11(13)2-4-15(14)16(18)6-7-17(18)20;4-2-5-1-3-6-2/h3,5,10,14-17,19-20H,2,4,6-9H2,1H3;1H/t14-,15-,16+,17+,18+;/m1./s1. The summed E-state index contributed by atoms with van der Waals surface area (Å²) >= 11 is 0.806. The van der Waals surface area contributed by atoms with Crippen molar-refractivity contribution in [3.8, 4) is 5.75 Å². The fourth-order valence-corrected chi connectivity index (χ4v) is 5.95. The fraction of sp³-hybridized carbons (Fsp3) is 0.600. The van der Waals surface area contributed by atoms with Crippen molar-refractivity contribution in [1.82, 2.24) is 4.37 Å². The number of rotatable bonds is 0. The predicted octanol–water partition coefficient (Wildman–Crippen LogP) is 3.71. The Morgan fingerprint density at radius 2 is 2.12 bits per heavy atom. The zero-order chi connectivity index (χ0) is 18.3. The number of hydrogen-bond acceptors (Lipinski definition) is 6. The molecular weight excluding hydrogens is 350 g/mol. The second-order valence-corrected chi connectivity index (χ2v) is 8.83. The van der Waals surface area contributed by atoms with Crippen LogP contribution in [0.3, 0.4) is 0 Å². The van der Waals surface area contributed by atoms with Crippen LogP contribution in [0.15, 0.2) is 33.8 Å². The highest BCUT2D eigenvalue weighted by Crippen LogP contribution is 2.60. The first-order chi connectivity index (χ1) is 12.5. The van der Waals surface area contributed by atoms with Gasteiger partial charge < -0.3 is 14.6 Å². The Morgan fingerprint density at radius 1 is 1.27 bits per heavy atom. The van der Waals surface area contributed by atoms with Crippen LogP contribution in [0.25, 0.3) is 0 Å². The summed E-state index contributed by atoms with van der Waals surface area (Å²) in [5, 5.41) is 20.0. The van der Waals surface area contributed by atoms with Gasteiger partial charge in [0.05, 0.1) is 6.10 Å². The molecule has 2 aromatic rings. The number of benzene rings is 1. The number of phenolic OH excluding ortho intramolecular Hbond substituents is 1. The van der Waals surface area contributed by atoms with E-state index < -0.39 is 0 Å². The number of hydrogen-bond donors (Lipinski definition) is 2. The molecular formula is C20H25NO4S. The Bertz CT molecular complexity index is 814. The molecule has 5 rings (SSSR count). The van der Waals surface area contributed by atoms with Crippen LogP contribution in [0.5, 0.6) is 5.75 Å². The largest absolute Gasteiger partial charge is 0.508 e. The molecule has 3 aliphatic rings. The molecule has 140 valence electrons. The van der Waals surface area contributed by atoms with E-state index in [1.807, 2.05) is 12.1 Å². The molecule has 5 nitrogen and oxygen atoms in total. The maximum absolute atomic E-state index is 10.4. The lowest BCUT2D eigenvalue weighted by Gasteiger charge is -2.50. The fourth-order valence-electron chi connectivity index (χ4n) is 5.69. The molecule has 26 heavy (non-hydrogen) atoms. The third kappa shape index (κ3) is 2.99. The van der Waals surface area contributed by atoms with Gasteiger partial charge in [0, 0.05) is 11.5 Å². The van der Waals surface area contributed by atoms with Gasteiger partial charge in [0.2, 0.25) is 0 Å². The van der Waals surface area contributed by atoms with E-state index in [1.54, 1.807) is 0 Å². The monoisotopic (exact) mass is 375 g/mol. The summed E-state index contributed by atoms with van der Waals surface area (Å²) in [6.07, 6.45) is 7.90. The molecule has 2 N–H and O–H groups in total. The van der Waals surface area contributed by atoms with Gasteiger partial charge in [-0.2, -0.15) is 4.37 Å². The first-order valence-corrected chi connectivity index (χ1v) is 10.2. The summed E-state index contributed by atoms with van der Waals surface area (Å²) in [6.45, 7) is 2.32. The molecule has 0 spiro atoms. The molecule has 2 saturated carbocycles. The molecule has 5 atom stereocenters. The molecule has 1 heterocycles. The summed E-state index contributed by atoms with van der Waals surface area (Å²) in [5.74, 6) is 2.49. The van der Waals surface area contributed by atoms with Crippen LogP contribution in [-0.4, -0.2) is 20.7 Å². The van der Waals surface area contributed by atoms with Crippen molar-refractivity contribution in [2.75, 3.05) is 0 Å². The number of nitrogens with zero attached hydrogens (tertiary/aromatic N) is 1. The normalized spacial score (nSPS) is 34.8. The summed E-state index contributed by atoms with van der Waals surface area (Å²) < 4.78 is 7.57. The highest BCUT2D eigenvalue weighted by molar-refractivity contribution is 7.02. The molecule has 0 aliphatic heterocycles. The average Bonchev–Trinajstić information content (AvgIpc) is 3.22. The van der Waals surface area contributed by atoms with Crippen molar-refractivity contribution in [2.24, 2.45) is 17.3 Å². The minimum Gasteiger partial charge on any atom is -0.508 e. The van der Waals surface area contributed by atoms with Crippen molar-refractivity contribution >= 4 is 11.5 Å². The number of aliphatic hydroxyl groups excluding tert-OH is 1. The molecule has 0 amide bonds. The Morgan fingerprint density at radius 3 is 2.81 bits per heavy atom. The summed E-state index contributed by atoms with van der Waals surface area (Å²) in [5.41, 5.74) is 2.99. The topological polar surface area (TPSA) is 83.6 Å². The predicted molar refractivity (Wildman–Crippen MR) is 99.4 cm³/mol. The average molecular weight is 375 g/mol. The second kappa shape index (κ2) is 6.82. The van der Waals surface area contributed by atoms with Gasteiger partial charge in [-0.1, -0.05) is 13.0 Å². The maximum atomic E-state index is 10.4. The van der Waals surface area contributed by atoms with Crippen LogP contribution in [0.2, 0.25) is 0 Å². The number of phenols is 1. The minimum atomic E-state index is -0.352. The SMILES string of the molecule is C[C@]12CC[C@@H]3c4ccc(O)cc4CC[C@H]3[C@@H]1CC[C@@H]2O.O=c1ocns1. The highest BCUT2D eigenvalue weighted by atomic mass is 32.1. The van der Waals surface area contributed by atoms with Gasteiger partial charge in [-0.15, -0.1) is 0 Å². The molecule has 3 aliphatic carbocycles. The van der Waals surface area contributed by atoms with E-state index in [9.17, 15) is 15.0 Å². The first kappa shape index (κ1) is 17.7. The smallest absolute Gasteiger partial charge is 0.414 e. The third-order valence-corrected chi connectivity index (χ3v) is 7.42. The van der Waals surface area contributed by atoms with Crippen LogP contribution >= 0.6 is 11.5 Å². The number of aromatic hydroxyl groups is 1. The zero-order valence-electron chi connectivity index (χ0n) is 14.9. The van der Waals surface area contributed by atoms with Crippen LogP contribution < -0.4 is 4.94 Å². The molecule has 0 bridgehead atoms. The molecule has 0 unspecified atom stereocenters. The number of aromatic nitrogens is 1. The van der Waals surface area contributed by atoms with Gasteiger partial charge in [-0.05, 0) is 85.0 Å². The Labute approximate surface area is 156 Å². The third-order valence-electron chi connectivity index (χ3n) is 6.98. The second-order valence-electron chi connectivity index (χ2n) is 8.11. The van der Waals surface area contributed by atoms with Crippen molar-refractivity contribution in [2.45, 2.75) is 57.5 Å². The lowest BCUT2D eigenvalue weighted by Crippen LogP contribution is -2.43. The molecule has 1 aromatic heterocycles. The first-order valence-electron chi connectivity index (χ1n) is 9.38. The van der Waals surface area contributed by atoms with E-state index in [4.69, 9.17) is 0 Å². The van der Waals surface area contributed by atoms with E-state index in [1.165, 1.54) is 30.4 Å². The van der Waals surface area contributed by atoms with E-state index in [0.29, 0.717) is 17.6 Å². The quantitative estimate of drug-likeness (QED) is 0.733. The number of aliphatic hydroxyl groups is 1. The van der Waals surface area contributed by atoms with Gasteiger partial charge in [-0.3, -0.25) is 0 Å². The van der Waals surface area contributed by atoms with Gasteiger partial charge in [-0.25, -0.2) is 4.79 Å². The lowest BCUT2D eigenvalue weighted by molar-refractivity contribution is -0.0226. The lowest BCUT2D eigenvalue weighted by atomic mass is 9.55. The Kier molecular flexibility index (Phi) is 4.65. The van der Waals surface area contributed by atoms with Crippen LogP contribution in [0.4, 0.5) is 0 Å². The van der Waals surface area contributed by atoms with E-state index in [0.717, 1.165) is 43.1 Å². The Balaban J connectivity index is 0.000000240. The van der Waals surface area contributed by atoms with Gasteiger partial charge in [0.1, 0.15) is 5.75 Å². The summed E-state index contributed by atoms with van der Waals surface area (Å²) in [6, 6.07) is 5.96. The minimum absolute atomic E-state index is 0.0883. The zero-order valence-corrected chi connectivity index (χ0v) is 15.7. The van der Waals surface area contributed by atoms with E-state index in [2.05, 4.69) is 21.8 Å². The van der Waals surface area contributed by atoms with Crippen LogP contribution in [0.1, 0.15) is 56.1 Å². The number of aryl methyl sites for hydroxylation is 1. The summed E-state index contributed by atoms with van der Waals surface area (Å²) in [7, 11) is 0. The van der Waals surface area contributed by atoms with Gasteiger partial charge in [0.15, 0.2) is 6.39 Å². The van der Waals surface area contributed by atoms with E-state index >= 15 is 0 Å². The molecule has 1 aromatic carbocycles. The molecule has 0 saturated heterocycles. The number of fused-ring (bicyclic) bond motifs is 5.